The van der Waals surface area contributed by atoms with Crippen LogP contribution < -0.4 is 4.74 Å². The summed E-state index contributed by atoms with van der Waals surface area (Å²) in [4.78, 5) is 22.0. The average molecular weight is 481 g/mol. The van der Waals surface area contributed by atoms with Crippen molar-refractivity contribution in [1.82, 2.24) is 14.4 Å². The molecule has 4 rings (SSSR count). The highest BCUT2D eigenvalue weighted by molar-refractivity contribution is 6.30. The lowest BCUT2D eigenvalue weighted by Gasteiger charge is -2.11. The van der Waals surface area contributed by atoms with E-state index in [1.54, 1.807) is 48.7 Å². The van der Waals surface area contributed by atoms with Crippen LogP contribution in [0.25, 0.3) is 5.65 Å². The maximum absolute atomic E-state index is 14.0. The predicted molar refractivity (Wildman–Crippen MR) is 122 cm³/mol. The fourth-order valence-corrected chi connectivity index (χ4v) is 3.83. The van der Waals surface area contributed by atoms with Crippen molar-refractivity contribution in [3.63, 3.8) is 0 Å². The molecule has 1 unspecified atom stereocenters. The smallest absolute Gasteiger partial charge is 0.258 e. The van der Waals surface area contributed by atoms with Gasteiger partial charge < -0.3 is 4.74 Å². The van der Waals surface area contributed by atoms with Crippen molar-refractivity contribution in [2.75, 3.05) is 0 Å². The molecule has 1 atom stereocenters. The molecule has 172 valence electrons. The van der Waals surface area contributed by atoms with Crippen LogP contribution in [-0.4, -0.2) is 20.2 Å². The third-order valence-corrected chi connectivity index (χ3v) is 5.62. The van der Waals surface area contributed by atoms with Gasteiger partial charge in [0.1, 0.15) is 23.9 Å². The van der Waals surface area contributed by atoms with Crippen molar-refractivity contribution in [2.45, 2.75) is 32.8 Å². The number of halogens is 3. The molecule has 0 aliphatic heterocycles. The summed E-state index contributed by atoms with van der Waals surface area (Å²) >= 11 is 5.92. The largest absolute Gasteiger partial charge is 0.470 e. The molecule has 0 amide bonds. The number of imidazole rings is 1. The Morgan fingerprint density at radius 3 is 2.47 bits per heavy atom. The minimum absolute atomic E-state index is 0.0411. The van der Waals surface area contributed by atoms with E-state index in [-0.39, 0.29) is 35.0 Å². The number of Topliss-reactive ketones (excluding diaryl/α,β-unsaturated/α-hetero) is 1. The van der Waals surface area contributed by atoms with Crippen LogP contribution in [0.4, 0.5) is 8.78 Å². The number of aryl methyl sites for hydroxylation is 2. The molecular formula is C25H19ClF2N4O2. The Balaban J connectivity index is 1.66. The first-order valence-electron chi connectivity index (χ1n) is 10.4. The van der Waals surface area contributed by atoms with E-state index in [9.17, 15) is 18.8 Å². The molecule has 0 N–H and O–H groups in total. The SMILES string of the molecule is Cc1cn2c(C(=O)CC(C#N)c3ccc(Cl)cc3)c(C)nc2c(OCc2c(F)cccc2F)n1. The maximum Gasteiger partial charge on any atom is 0.258 e. The summed E-state index contributed by atoms with van der Waals surface area (Å²) in [6.45, 7) is 2.97. The lowest BCUT2D eigenvalue weighted by atomic mass is 9.94. The van der Waals surface area contributed by atoms with Crippen LogP contribution in [-0.2, 0) is 6.61 Å². The second-order valence-corrected chi connectivity index (χ2v) is 8.21. The first-order chi connectivity index (χ1) is 16.3. The predicted octanol–water partition coefficient (Wildman–Crippen LogP) is 5.74. The summed E-state index contributed by atoms with van der Waals surface area (Å²) in [7, 11) is 0. The Kier molecular flexibility index (Phi) is 6.57. The van der Waals surface area contributed by atoms with Crippen molar-refractivity contribution in [3.8, 4) is 11.9 Å². The van der Waals surface area contributed by atoms with Gasteiger partial charge in [0.25, 0.3) is 5.88 Å². The van der Waals surface area contributed by atoms with Crippen LogP contribution in [0.5, 0.6) is 5.88 Å². The monoisotopic (exact) mass is 480 g/mol. The second-order valence-electron chi connectivity index (χ2n) is 7.78. The van der Waals surface area contributed by atoms with Gasteiger partial charge in [0.05, 0.1) is 28.9 Å². The fourth-order valence-electron chi connectivity index (χ4n) is 3.71. The highest BCUT2D eigenvalue weighted by atomic mass is 35.5. The van der Waals surface area contributed by atoms with Crippen LogP contribution >= 0.6 is 11.6 Å². The average Bonchev–Trinajstić information content (AvgIpc) is 3.13. The molecule has 0 saturated carbocycles. The van der Waals surface area contributed by atoms with Gasteiger partial charge in [-0.1, -0.05) is 29.8 Å². The van der Waals surface area contributed by atoms with Gasteiger partial charge in [0.15, 0.2) is 5.78 Å². The van der Waals surface area contributed by atoms with E-state index in [1.807, 2.05) is 0 Å². The zero-order chi connectivity index (χ0) is 24.4. The fraction of sp³-hybridized carbons (Fsp3) is 0.200. The van der Waals surface area contributed by atoms with E-state index in [4.69, 9.17) is 16.3 Å². The molecule has 2 aromatic heterocycles. The molecule has 0 spiro atoms. The molecule has 2 heterocycles. The Morgan fingerprint density at radius 1 is 1.15 bits per heavy atom. The molecule has 0 bridgehead atoms. The lowest BCUT2D eigenvalue weighted by molar-refractivity contribution is 0.0972. The van der Waals surface area contributed by atoms with Gasteiger partial charge in [-0.2, -0.15) is 5.26 Å². The maximum atomic E-state index is 14.0. The summed E-state index contributed by atoms with van der Waals surface area (Å²) in [5, 5.41) is 10.2. The number of ketones is 1. The number of carbonyl (C=O) groups is 1. The number of fused-ring (bicyclic) bond motifs is 1. The summed E-state index contributed by atoms with van der Waals surface area (Å²) in [5.74, 6) is -2.38. The zero-order valence-electron chi connectivity index (χ0n) is 18.3. The number of benzene rings is 2. The van der Waals surface area contributed by atoms with Crippen LogP contribution in [0.15, 0.2) is 48.7 Å². The van der Waals surface area contributed by atoms with Crippen molar-refractivity contribution in [3.05, 3.63) is 93.5 Å². The first kappa shape index (κ1) is 23.3. The van der Waals surface area contributed by atoms with Gasteiger partial charge in [0, 0.05) is 17.6 Å². The molecular weight excluding hydrogens is 462 g/mol. The number of ether oxygens (including phenoxy) is 1. The van der Waals surface area contributed by atoms with Crippen LogP contribution in [0.2, 0.25) is 5.02 Å². The highest BCUT2D eigenvalue weighted by Crippen LogP contribution is 2.27. The molecule has 0 fully saturated rings. The van der Waals surface area contributed by atoms with Crippen LogP contribution in [0.1, 0.15) is 45.3 Å². The zero-order valence-corrected chi connectivity index (χ0v) is 19.1. The molecule has 0 saturated heterocycles. The Bertz CT molecular complexity index is 1410. The normalized spacial score (nSPS) is 11.9. The van der Waals surface area contributed by atoms with E-state index >= 15 is 0 Å². The minimum atomic E-state index is -0.733. The van der Waals surface area contributed by atoms with E-state index in [0.29, 0.717) is 22.0 Å². The number of carbonyl (C=O) groups excluding carboxylic acids is 1. The second kappa shape index (κ2) is 9.57. The van der Waals surface area contributed by atoms with Gasteiger partial charge in [-0.25, -0.2) is 18.7 Å². The Morgan fingerprint density at radius 2 is 1.82 bits per heavy atom. The number of hydrogen-bond acceptors (Lipinski definition) is 5. The Labute approximate surface area is 199 Å². The number of nitrogens with zero attached hydrogens (tertiary/aromatic N) is 4. The first-order valence-corrected chi connectivity index (χ1v) is 10.8. The van der Waals surface area contributed by atoms with E-state index < -0.39 is 24.2 Å². The van der Waals surface area contributed by atoms with Gasteiger partial charge in [-0.05, 0) is 43.7 Å². The van der Waals surface area contributed by atoms with Crippen molar-refractivity contribution in [2.24, 2.45) is 0 Å². The third kappa shape index (κ3) is 4.61. The minimum Gasteiger partial charge on any atom is -0.470 e. The van der Waals surface area contributed by atoms with Gasteiger partial charge >= 0.3 is 0 Å². The van der Waals surface area contributed by atoms with Crippen LogP contribution in [0.3, 0.4) is 0 Å². The highest BCUT2D eigenvalue weighted by Gasteiger charge is 2.24. The summed E-state index contributed by atoms with van der Waals surface area (Å²) < 4.78 is 35.2. The number of hydrogen-bond donors (Lipinski definition) is 0. The van der Waals surface area contributed by atoms with Crippen LogP contribution in [0, 0.1) is 36.8 Å². The lowest BCUT2D eigenvalue weighted by Crippen LogP contribution is -2.11. The molecule has 9 heteroatoms. The third-order valence-electron chi connectivity index (χ3n) is 5.37. The van der Waals surface area contributed by atoms with Crippen molar-refractivity contribution < 1.29 is 18.3 Å². The summed E-state index contributed by atoms with van der Waals surface area (Å²) in [6.07, 6.45) is 1.56. The summed E-state index contributed by atoms with van der Waals surface area (Å²) in [6, 6.07) is 12.5. The molecule has 6 nitrogen and oxygen atoms in total. The van der Waals surface area contributed by atoms with Crippen molar-refractivity contribution >= 4 is 23.0 Å². The van der Waals surface area contributed by atoms with Gasteiger partial charge in [-0.15, -0.1) is 0 Å². The van der Waals surface area contributed by atoms with E-state index in [2.05, 4.69) is 16.0 Å². The van der Waals surface area contributed by atoms with E-state index in [1.165, 1.54) is 6.07 Å². The number of nitriles is 1. The molecule has 34 heavy (non-hydrogen) atoms. The topological polar surface area (TPSA) is 80.3 Å². The molecule has 0 aliphatic rings. The van der Waals surface area contributed by atoms with Gasteiger partial charge in [-0.3, -0.25) is 9.20 Å². The standard InChI is InChI=1S/C25H19ClF2N4O2/c1-14-12-32-23(22(33)10-17(11-29)16-6-8-18(26)9-7-16)15(2)31-24(32)25(30-14)34-13-19-20(27)4-3-5-21(19)28/h3-9,12,17H,10,13H2,1-2H3. The van der Waals surface area contributed by atoms with Crippen molar-refractivity contribution in [1.29, 1.82) is 5.26 Å². The number of aromatic nitrogens is 3. The molecule has 0 aliphatic carbocycles. The molecule has 2 aromatic carbocycles. The van der Waals surface area contributed by atoms with E-state index in [0.717, 1.165) is 12.1 Å². The van der Waals surface area contributed by atoms with Gasteiger partial charge in [0.2, 0.25) is 5.65 Å². The Hall–Kier alpha value is -3.83. The molecule has 0 radical (unpaired) electrons. The number of rotatable bonds is 7. The quantitative estimate of drug-likeness (QED) is 0.315. The summed E-state index contributed by atoms with van der Waals surface area (Å²) in [5.41, 5.74) is 1.91. The molecule has 4 aromatic rings.